The first-order valence-corrected chi connectivity index (χ1v) is 18.3. The van der Waals surface area contributed by atoms with Crippen LogP contribution in [0.25, 0.3) is 54.6 Å². The minimum absolute atomic E-state index is 0.510. The van der Waals surface area contributed by atoms with E-state index in [-0.39, 0.29) is 0 Å². The van der Waals surface area contributed by atoms with Crippen LogP contribution in [0.4, 0.5) is 17.1 Å². The molecule has 0 atom stereocenters. The van der Waals surface area contributed by atoms with E-state index in [1.807, 2.05) is 6.07 Å². The quantitative estimate of drug-likeness (QED) is 0.169. The normalized spacial score (nSPS) is 13.1. The number of nitrogens with zero attached hydrogens (tertiary/aromatic N) is 1. The van der Waals surface area contributed by atoms with Crippen LogP contribution < -0.4 is 4.90 Å². The third-order valence-electron chi connectivity index (χ3n) is 11.3. The second kappa shape index (κ2) is 11.6. The zero-order valence-electron chi connectivity index (χ0n) is 28.9. The Kier molecular flexibility index (Phi) is 6.50. The summed E-state index contributed by atoms with van der Waals surface area (Å²) in [6.07, 6.45) is 0. The van der Waals surface area contributed by atoms with E-state index in [0.717, 1.165) is 39.0 Å². The van der Waals surface area contributed by atoms with Crippen LogP contribution in [0.3, 0.4) is 0 Å². The van der Waals surface area contributed by atoms with Crippen molar-refractivity contribution in [3.63, 3.8) is 0 Å². The molecular formula is C51H33NO. The lowest BCUT2D eigenvalue weighted by Gasteiger charge is -2.35. The topological polar surface area (TPSA) is 16.4 Å². The van der Waals surface area contributed by atoms with Crippen molar-refractivity contribution in [1.82, 2.24) is 0 Å². The number of benzene rings is 9. The van der Waals surface area contributed by atoms with E-state index in [1.54, 1.807) is 0 Å². The first-order chi connectivity index (χ1) is 26.3. The molecule has 1 aliphatic rings. The number of para-hydroxylation sites is 1. The fourth-order valence-electron chi connectivity index (χ4n) is 9.07. The van der Waals surface area contributed by atoms with Gasteiger partial charge in [0.2, 0.25) is 0 Å². The molecule has 53 heavy (non-hydrogen) atoms. The molecule has 0 N–H and O–H groups in total. The summed E-state index contributed by atoms with van der Waals surface area (Å²) < 4.78 is 6.51. The maximum Gasteiger partial charge on any atom is 0.137 e. The van der Waals surface area contributed by atoms with Crippen LogP contribution in [0.5, 0.6) is 0 Å². The Morgan fingerprint density at radius 3 is 1.72 bits per heavy atom. The highest BCUT2D eigenvalue weighted by atomic mass is 16.3. The van der Waals surface area contributed by atoms with E-state index in [4.69, 9.17) is 4.42 Å². The maximum atomic E-state index is 6.51. The second-order valence-corrected chi connectivity index (χ2v) is 14.0. The molecule has 0 aliphatic heterocycles. The Bertz CT molecular complexity index is 2970. The first-order valence-electron chi connectivity index (χ1n) is 18.3. The summed E-state index contributed by atoms with van der Waals surface area (Å²) in [5.41, 5.74) is 12.1. The van der Waals surface area contributed by atoms with Crippen molar-refractivity contribution < 1.29 is 4.42 Å². The van der Waals surface area contributed by atoms with Crippen molar-refractivity contribution in [3.05, 3.63) is 222 Å². The van der Waals surface area contributed by atoms with Gasteiger partial charge in [0, 0.05) is 33.6 Å². The molecule has 0 radical (unpaired) electrons. The fraction of sp³-hybridized carbons (Fsp3) is 0.0196. The van der Waals surface area contributed by atoms with Crippen LogP contribution >= 0.6 is 0 Å². The molecule has 1 aliphatic carbocycles. The number of furan rings is 1. The average Bonchev–Trinajstić information content (AvgIpc) is 3.75. The smallest absolute Gasteiger partial charge is 0.137 e. The number of hydrogen-bond acceptors (Lipinski definition) is 2. The van der Waals surface area contributed by atoms with Crippen LogP contribution in [0, 0.1) is 0 Å². The number of rotatable bonds is 5. The molecule has 0 spiro atoms. The average molecular weight is 676 g/mol. The molecule has 0 fully saturated rings. The molecule has 9 aromatic carbocycles. The van der Waals surface area contributed by atoms with Crippen molar-refractivity contribution in [2.75, 3.05) is 4.90 Å². The summed E-state index contributed by atoms with van der Waals surface area (Å²) in [4.78, 5) is 2.44. The Balaban J connectivity index is 1.24. The minimum Gasteiger partial charge on any atom is -0.456 e. The van der Waals surface area contributed by atoms with Crippen LogP contribution in [-0.2, 0) is 5.41 Å². The number of anilines is 3. The zero-order valence-corrected chi connectivity index (χ0v) is 28.9. The highest BCUT2D eigenvalue weighted by Crippen LogP contribution is 2.57. The van der Waals surface area contributed by atoms with Crippen LogP contribution in [0.2, 0.25) is 0 Å². The summed E-state index contributed by atoms with van der Waals surface area (Å²) in [7, 11) is 0. The lowest BCUT2D eigenvalue weighted by atomic mass is 9.67. The maximum absolute atomic E-state index is 6.51. The SMILES string of the molecule is c1ccc(C2(c3ccccc3)c3ccccc3-c3ccc(N(c4ccc5c(c4)oc4ccccc45)c4cc5ccccc5c5ccccc45)cc32)cc1. The standard InChI is InChI=1S/C51H33NO/c1-3-16-35(17-4-1)51(36-18-5-2-6-19-36)46-25-13-11-22-41(46)42-29-27-37(32-47(42)51)52(38-28-30-45-44-24-12-14-26-49(44)53-50(45)33-38)48-31-34-15-7-8-20-39(34)40-21-9-10-23-43(40)48/h1-33H. The van der Waals surface area contributed by atoms with Gasteiger partial charge >= 0.3 is 0 Å². The van der Waals surface area contributed by atoms with Crippen molar-refractivity contribution in [3.8, 4) is 11.1 Å². The summed E-state index contributed by atoms with van der Waals surface area (Å²) in [6.45, 7) is 0. The third kappa shape index (κ3) is 4.33. The molecule has 0 amide bonds. The molecule has 248 valence electrons. The summed E-state index contributed by atoms with van der Waals surface area (Å²) in [5.74, 6) is 0. The Labute approximate surface area is 307 Å². The Morgan fingerprint density at radius 2 is 0.925 bits per heavy atom. The monoisotopic (exact) mass is 675 g/mol. The van der Waals surface area contributed by atoms with E-state index < -0.39 is 5.41 Å². The van der Waals surface area contributed by atoms with Crippen LogP contribution in [-0.4, -0.2) is 0 Å². The van der Waals surface area contributed by atoms with E-state index in [0.29, 0.717) is 0 Å². The van der Waals surface area contributed by atoms with Gasteiger partial charge in [0.15, 0.2) is 0 Å². The van der Waals surface area contributed by atoms with Crippen molar-refractivity contribution in [2.45, 2.75) is 5.41 Å². The molecule has 11 rings (SSSR count). The number of hydrogen-bond donors (Lipinski definition) is 0. The lowest BCUT2D eigenvalue weighted by molar-refractivity contribution is 0.669. The Hall–Kier alpha value is -6.90. The predicted molar refractivity (Wildman–Crippen MR) is 221 cm³/mol. The van der Waals surface area contributed by atoms with E-state index in [2.05, 4.69) is 199 Å². The summed E-state index contributed by atoms with van der Waals surface area (Å²) in [5, 5.41) is 7.11. The largest absolute Gasteiger partial charge is 0.456 e. The molecular weight excluding hydrogens is 643 g/mol. The predicted octanol–water partition coefficient (Wildman–Crippen LogP) is 13.7. The van der Waals surface area contributed by atoms with Gasteiger partial charge in [0.25, 0.3) is 0 Å². The molecule has 2 heteroatoms. The summed E-state index contributed by atoms with van der Waals surface area (Å²) >= 11 is 0. The van der Waals surface area contributed by atoms with E-state index in [9.17, 15) is 0 Å². The molecule has 0 unspecified atom stereocenters. The zero-order chi connectivity index (χ0) is 34.9. The van der Waals surface area contributed by atoms with Gasteiger partial charge in [0.05, 0.1) is 11.1 Å². The molecule has 1 heterocycles. The molecule has 1 aromatic heterocycles. The van der Waals surface area contributed by atoms with Gasteiger partial charge in [-0.05, 0) is 85.9 Å². The van der Waals surface area contributed by atoms with Crippen molar-refractivity contribution in [1.29, 1.82) is 0 Å². The minimum atomic E-state index is -0.510. The highest BCUT2D eigenvalue weighted by Gasteiger charge is 2.46. The van der Waals surface area contributed by atoms with Crippen LogP contribution in [0.1, 0.15) is 22.3 Å². The van der Waals surface area contributed by atoms with Gasteiger partial charge in [-0.15, -0.1) is 0 Å². The van der Waals surface area contributed by atoms with Crippen molar-refractivity contribution >= 4 is 60.5 Å². The Morgan fingerprint density at radius 1 is 0.358 bits per heavy atom. The van der Waals surface area contributed by atoms with Crippen LogP contribution in [0.15, 0.2) is 205 Å². The highest BCUT2D eigenvalue weighted by molar-refractivity contribution is 6.15. The third-order valence-corrected chi connectivity index (χ3v) is 11.3. The van der Waals surface area contributed by atoms with E-state index >= 15 is 0 Å². The van der Waals surface area contributed by atoms with E-state index in [1.165, 1.54) is 54.9 Å². The molecule has 0 saturated carbocycles. The van der Waals surface area contributed by atoms with Gasteiger partial charge < -0.3 is 9.32 Å². The first kappa shape index (κ1) is 29.8. The summed E-state index contributed by atoms with van der Waals surface area (Å²) in [6, 6.07) is 72.9. The molecule has 2 nitrogen and oxygen atoms in total. The lowest BCUT2D eigenvalue weighted by Crippen LogP contribution is -2.28. The van der Waals surface area contributed by atoms with Gasteiger partial charge in [-0.3, -0.25) is 0 Å². The number of fused-ring (bicyclic) bond motifs is 9. The van der Waals surface area contributed by atoms with Gasteiger partial charge in [-0.1, -0.05) is 158 Å². The molecule has 0 bridgehead atoms. The fourth-order valence-corrected chi connectivity index (χ4v) is 9.07. The molecule has 0 saturated heterocycles. The molecule has 10 aromatic rings. The van der Waals surface area contributed by atoms with Gasteiger partial charge in [-0.25, -0.2) is 0 Å². The van der Waals surface area contributed by atoms with Gasteiger partial charge in [0.1, 0.15) is 11.2 Å². The van der Waals surface area contributed by atoms with Crippen molar-refractivity contribution in [2.24, 2.45) is 0 Å². The van der Waals surface area contributed by atoms with Gasteiger partial charge in [-0.2, -0.15) is 0 Å². The second-order valence-electron chi connectivity index (χ2n) is 14.0.